The molecule has 21 heavy (non-hydrogen) atoms. The number of aromatic amines is 1. The molecule has 1 amide bonds. The number of benzene rings is 1. The Morgan fingerprint density at radius 3 is 2.81 bits per heavy atom. The van der Waals surface area contributed by atoms with Crippen molar-refractivity contribution in [1.82, 2.24) is 10.3 Å². The molecule has 1 heterocycles. The van der Waals surface area contributed by atoms with Gasteiger partial charge in [-0.1, -0.05) is 18.2 Å². The smallest absolute Gasteiger partial charge is 0.252 e. The van der Waals surface area contributed by atoms with E-state index in [-0.39, 0.29) is 29.9 Å². The molecule has 1 aromatic heterocycles. The maximum Gasteiger partial charge on any atom is 0.252 e. The van der Waals surface area contributed by atoms with Crippen LogP contribution in [0.2, 0.25) is 0 Å². The third kappa shape index (κ3) is 2.97. The average molecular weight is 286 g/mol. The van der Waals surface area contributed by atoms with Crippen molar-refractivity contribution in [2.45, 2.75) is 19.3 Å². The van der Waals surface area contributed by atoms with Crippen molar-refractivity contribution in [3.8, 4) is 0 Å². The first kappa shape index (κ1) is 13.8. The fraction of sp³-hybridized carbons (Fsp3) is 0.375. The predicted molar refractivity (Wildman–Crippen MR) is 80.0 cm³/mol. The number of pyridine rings is 1. The standard InChI is InChI=1S/C16H18N2O3/c19-10-16(5-6-16)9-17-14(20)8-12-7-11-3-1-2-4-13(11)18-15(12)21/h1-4,7,19H,5-6,8-10H2,(H,17,20)(H,18,21). The molecule has 2 aromatic rings. The van der Waals surface area contributed by atoms with Crippen LogP contribution in [0.3, 0.4) is 0 Å². The topological polar surface area (TPSA) is 82.2 Å². The summed E-state index contributed by atoms with van der Waals surface area (Å²) in [5, 5.41) is 12.9. The summed E-state index contributed by atoms with van der Waals surface area (Å²) in [6, 6.07) is 9.24. The number of fused-ring (bicyclic) bond motifs is 1. The highest BCUT2D eigenvalue weighted by Gasteiger charge is 2.42. The van der Waals surface area contributed by atoms with E-state index >= 15 is 0 Å². The molecule has 0 radical (unpaired) electrons. The van der Waals surface area contributed by atoms with E-state index in [1.165, 1.54) is 0 Å². The molecule has 0 spiro atoms. The quantitative estimate of drug-likeness (QED) is 0.765. The molecular weight excluding hydrogens is 268 g/mol. The second kappa shape index (κ2) is 5.33. The molecule has 3 N–H and O–H groups in total. The van der Waals surface area contributed by atoms with Crippen LogP contribution in [0.5, 0.6) is 0 Å². The van der Waals surface area contributed by atoms with Gasteiger partial charge < -0.3 is 15.4 Å². The highest BCUT2D eigenvalue weighted by Crippen LogP contribution is 2.44. The van der Waals surface area contributed by atoms with Gasteiger partial charge >= 0.3 is 0 Å². The number of aliphatic hydroxyl groups is 1. The molecule has 1 fully saturated rings. The van der Waals surface area contributed by atoms with Crippen LogP contribution in [-0.4, -0.2) is 29.1 Å². The monoisotopic (exact) mass is 286 g/mol. The van der Waals surface area contributed by atoms with Crippen LogP contribution in [0, 0.1) is 5.41 Å². The van der Waals surface area contributed by atoms with Gasteiger partial charge in [-0.3, -0.25) is 9.59 Å². The van der Waals surface area contributed by atoms with Crippen LogP contribution in [-0.2, 0) is 11.2 Å². The lowest BCUT2D eigenvalue weighted by Crippen LogP contribution is -2.34. The van der Waals surface area contributed by atoms with E-state index in [4.69, 9.17) is 0 Å². The molecule has 1 saturated carbocycles. The highest BCUT2D eigenvalue weighted by molar-refractivity contribution is 5.82. The van der Waals surface area contributed by atoms with Gasteiger partial charge in [-0.2, -0.15) is 0 Å². The zero-order chi connectivity index (χ0) is 14.9. The second-order valence-corrected chi connectivity index (χ2v) is 5.82. The molecule has 5 heteroatoms. The Labute approximate surface area is 122 Å². The first-order valence-electron chi connectivity index (χ1n) is 7.10. The lowest BCUT2D eigenvalue weighted by atomic mass is 10.1. The number of aliphatic hydroxyl groups excluding tert-OH is 1. The molecule has 0 saturated heterocycles. The van der Waals surface area contributed by atoms with Crippen molar-refractivity contribution < 1.29 is 9.90 Å². The van der Waals surface area contributed by atoms with E-state index in [1.54, 1.807) is 6.07 Å². The van der Waals surface area contributed by atoms with E-state index in [9.17, 15) is 14.7 Å². The number of hydrogen-bond donors (Lipinski definition) is 3. The second-order valence-electron chi connectivity index (χ2n) is 5.82. The Balaban J connectivity index is 1.70. The van der Waals surface area contributed by atoms with Gasteiger partial charge in [0.05, 0.1) is 13.0 Å². The van der Waals surface area contributed by atoms with Crippen LogP contribution in [0.4, 0.5) is 0 Å². The number of carbonyl (C=O) groups is 1. The fourth-order valence-electron chi connectivity index (χ4n) is 2.41. The van der Waals surface area contributed by atoms with Crippen LogP contribution >= 0.6 is 0 Å². The van der Waals surface area contributed by atoms with Crippen LogP contribution in [0.15, 0.2) is 35.1 Å². The van der Waals surface area contributed by atoms with Gasteiger partial charge in [0.15, 0.2) is 0 Å². The third-order valence-corrected chi connectivity index (χ3v) is 4.13. The zero-order valence-electron chi connectivity index (χ0n) is 11.7. The Bertz CT molecular complexity index is 732. The van der Waals surface area contributed by atoms with Gasteiger partial charge in [-0.05, 0) is 30.4 Å². The van der Waals surface area contributed by atoms with Crippen molar-refractivity contribution in [3.63, 3.8) is 0 Å². The molecule has 1 aliphatic carbocycles. The summed E-state index contributed by atoms with van der Waals surface area (Å²) < 4.78 is 0. The number of carbonyl (C=O) groups excluding carboxylic acids is 1. The maximum atomic E-state index is 12.0. The molecule has 1 aromatic carbocycles. The predicted octanol–water partition coefficient (Wildman–Crippen LogP) is 0.959. The molecule has 1 aliphatic rings. The van der Waals surface area contributed by atoms with Gasteiger partial charge in [0.1, 0.15) is 0 Å². The summed E-state index contributed by atoms with van der Waals surface area (Å²) in [6.45, 7) is 0.581. The molecule has 5 nitrogen and oxygen atoms in total. The Morgan fingerprint density at radius 1 is 1.33 bits per heavy atom. The molecule has 0 atom stereocenters. The van der Waals surface area contributed by atoms with Gasteiger partial charge in [-0.15, -0.1) is 0 Å². The average Bonchev–Trinajstić information content (AvgIpc) is 3.27. The Hall–Kier alpha value is -2.14. The van der Waals surface area contributed by atoms with Gasteiger partial charge in [0.2, 0.25) is 5.91 Å². The normalized spacial score (nSPS) is 15.9. The number of para-hydroxylation sites is 1. The molecular formula is C16H18N2O3. The minimum atomic E-state index is -0.229. The highest BCUT2D eigenvalue weighted by atomic mass is 16.3. The third-order valence-electron chi connectivity index (χ3n) is 4.13. The molecule has 3 rings (SSSR count). The molecule has 0 aliphatic heterocycles. The molecule has 110 valence electrons. The number of nitrogens with one attached hydrogen (secondary N) is 2. The largest absolute Gasteiger partial charge is 0.396 e. The van der Waals surface area contributed by atoms with E-state index in [0.717, 1.165) is 23.7 Å². The first-order valence-corrected chi connectivity index (χ1v) is 7.10. The van der Waals surface area contributed by atoms with Crippen molar-refractivity contribution in [2.24, 2.45) is 5.41 Å². The van der Waals surface area contributed by atoms with E-state index in [1.807, 2.05) is 24.3 Å². The maximum absolute atomic E-state index is 12.0. The number of rotatable bonds is 5. The summed E-state index contributed by atoms with van der Waals surface area (Å²) in [6.07, 6.45) is 1.95. The van der Waals surface area contributed by atoms with E-state index in [2.05, 4.69) is 10.3 Å². The Kier molecular flexibility index (Phi) is 3.51. The zero-order valence-corrected chi connectivity index (χ0v) is 11.7. The SMILES string of the molecule is O=C(Cc1cc2ccccc2[nH]c1=O)NCC1(CO)CC1. The van der Waals surface area contributed by atoms with Crippen molar-refractivity contribution in [1.29, 1.82) is 0 Å². The summed E-state index contributed by atoms with van der Waals surface area (Å²) in [5.74, 6) is -0.185. The summed E-state index contributed by atoms with van der Waals surface area (Å²) in [4.78, 5) is 26.7. The lowest BCUT2D eigenvalue weighted by molar-refractivity contribution is -0.120. The summed E-state index contributed by atoms with van der Waals surface area (Å²) in [5.41, 5.74) is 0.877. The lowest BCUT2D eigenvalue weighted by Gasteiger charge is -2.12. The fourth-order valence-corrected chi connectivity index (χ4v) is 2.41. The van der Waals surface area contributed by atoms with Crippen molar-refractivity contribution >= 4 is 16.8 Å². The minimum Gasteiger partial charge on any atom is -0.396 e. The van der Waals surface area contributed by atoms with E-state index < -0.39 is 0 Å². The van der Waals surface area contributed by atoms with Crippen molar-refractivity contribution in [2.75, 3.05) is 13.2 Å². The van der Waals surface area contributed by atoms with Gasteiger partial charge in [0, 0.05) is 23.0 Å². The van der Waals surface area contributed by atoms with Gasteiger partial charge in [0.25, 0.3) is 5.56 Å². The number of aromatic nitrogens is 1. The number of amides is 1. The summed E-state index contributed by atoms with van der Waals surface area (Å²) >= 11 is 0. The van der Waals surface area contributed by atoms with Crippen LogP contribution < -0.4 is 10.9 Å². The van der Waals surface area contributed by atoms with Crippen LogP contribution in [0.25, 0.3) is 10.9 Å². The number of hydrogen-bond acceptors (Lipinski definition) is 3. The minimum absolute atomic E-state index is 0.0572. The van der Waals surface area contributed by atoms with Crippen LogP contribution in [0.1, 0.15) is 18.4 Å². The van der Waals surface area contributed by atoms with E-state index in [0.29, 0.717) is 12.1 Å². The molecule has 0 unspecified atom stereocenters. The first-order chi connectivity index (χ1) is 10.1. The summed E-state index contributed by atoms with van der Waals surface area (Å²) in [7, 11) is 0. The van der Waals surface area contributed by atoms with Crippen molar-refractivity contribution in [3.05, 3.63) is 46.2 Å². The Morgan fingerprint density at radius 2 is 2.10 bits per heavy atom. The molecule has 0 bridgehead atoms. The number of H-pyrrole nitrogens is 1. The van der Waals surface area contributed by atoms with Gasteiger partial charge in [-0.25, -0.2) is 0 Å².